The van der Waals surface area contributed by atoms with Crippen LogP contribution >= 0.6 is 0 Å². The number of ether oxygens (including phenoxy) is 4. The summed E-state index contributed by atoms with van der Waals surface area (Å²) in [4.78, 5) is 13.6. The number of hydrogen-bond donors (Lipinski definition) is 0. The lowest BCUT2D eigenvalue weighted by molar-refractivity contribution is 0.295. The molecular formula is C71H83N3O4. The molecule has 7 heteroatoms. The fraction of sp³-hybridized carbons (Fsp3) is 0.451. The minimum atomic E-state index is 0.567. The van der Waals surface area contributed by atoms with E-state index in [2.05, 4.69) is 96.9 Å². The van der Waals surface area contributed by atoms with E-state index in [1.54, 1.807) is 24.7 Å². The number of rotatable bonds is 32. The van der Waals surface area contributed by atoms with Crippen LogP contribution in [0.4, 0.5) is 0 Å². The number of nitrogens with zero attached hydrogens (tertiary/aromatic N) is 3. The molecule has 0 amide bonds. The zero-order valence-corrected chi connectivity index (χ0v) is 47.4. The van der Waals surface area contributed by atoms with Crippen molar-refractivity contribution < 1.29 is 18.9 Å². The van der Waals surface area contributed by atoms with Gasteiger partial charge in [-0.2, -0.15) is 0 Å². The largest absolute Gasteiger partial charge is 0.492 e. The monoisotopic (exact) mass is 1040 g/mol. The Morgan fingerprint density at radius 3 is 0.872 bits per heavy atom. The molecule has 406 valence electrons. The number of hydrogen-bond acceptors (Lipinski definition) is 7. The van der Waals surface area contributed by atoms with Gasteiger partial charge in [-0.1, -0.05) is 203 Å². The highest BCUT2D eigenvalue weighted by Gasteiger charge is 2.14. The van der Waals surface area contributed by atoms with Crippen molar-refractivity contribution in [2.45, 2.75) is 182 Å². The van der Waals surface area contributed by atoms with Gasteiger partial charge in [0.2, 0.25) is 0 Å². The third-order valence-corrected chi connectivity index (χ3v) is 13.1. The Bertz CT molecular complexity index is 2700. The molecule has 0 bridgehead atoms. The summed E-state index contributed by atoms with van der Waals surface area (Å²) in [6.45, 7) is 11.2. The topological polar surface area (TPSA) is 75.6 Å². The lowest BCUT2D eigenvalue weighted by Gasteiger charge is -2.14. The van der Waals surface area contributed by atoms with Gasteiger partial charge in [-0.3, -0.25) is 0 Å². The van der Waals surface area contributed by atoms with Gasteiger partial charge in [0.25, 0.3) is 0 Å². The second-order valence-electron chi connectivity index (χ2n) is 19.7. The molecule has 0 N–H and O–H groups in total. The van der Waals surface area contributed by atoms with Gasteiger partial charge in [0.05, 0.1) is 48.7 Å². The molecule has 2 aromatic carbocycles. The van der Waals surface area contributed by atoms with Crippen molar-refractivity contribution in [1.29, 1.82) is 0 Å². The summed E-state index contributed by atoms with van der Waals surface area (Å²) in [6.07, 6.45) is 44.1. The zero-order valence-electron chi connectivity index (χ0n) is 47.4. The SMILES string of the molecule is C#Cc1ccc(C#Cc2cc(OCCCCCCCC)c(C#Cc3ccc(C#Cc4cc(OCCCCCCCC)c(C#Cc5ccc(C#C)nc5)cc4OCCCCCCCC)nc3)cc2OCCCCCCCC)nc1. The Kier molecular flexibility index (Phi) is 29.9. The lowest BCUT2D eigenvalue weighted by Crippen LogP contribution is -2.03. The van der Waals surface area contributed by atoms with E-state index in [0.29, 0.717) is 77.6 Å². The highest BCUT2D eigenvalue weighted by Crippen LogP contribution is 2.31. The maximum absolute atomic E-state index is 6.51. The molecule has 5 aromatic rings. The molecule has 0 atom stereocenters. The second kappa shape index (κ2) is 38.1. The first-order valence-corrected chi connectivity index (χ1v) is 29.2. The summed E-state index contributed by atoms with van der Waals surface area (Å²) < 4.78 is 26.0. The van der Waals surface area contributed by atoms with Crippen LogP contribution in [0.2, 0.25) is 0 Å². The average molecular weight is 1040 g/mol. The highest BCUT2D eigenvalue weighted by molar-refractivity contribution is 5.62. The van der Waals surface area contributed by atoms with Crippen molar-refractivity contribution in [2.24, 2.45) is 0 Å². The van der Waals surface area contributed by atoms with E-state index >= 15 is 0 Å². The average Bonchev–Trinajstić information content (AvgIpc) is 3.48. The molecule has 0 aliphatic heterocycles. The number of unbranched alkanes of at least 4 members (excludes halogenated alkanes) is 20. The van der Waals surface area contributed by atoms with E-state index in [-0.39, 0.29) is 0 Å². The predicted molar refractivity (Wildman–Crippen MR) is 321 cm³/mol. The second-order valence-corrected chi connectivity index (χ2v) is 19.7. The summed E-state index contributed by atoms with van der Waals surface area (Å²) in [5.41, 5.74) is 6.86. The Morgan fingerprint density at radius 1 is 0.308 bits per heavy atom. The fourth-order valence-corrected chi connectivity index (χ4v) is 8.44. The molecule has 0 fully saturated rings. The summed E-state index contributed by atoms with van der Waals surface area (Å²) in [5, 5.41) is 0. The summed E-state index contributed by atoms with van der Waals surface area (Å²) in [7, 11) is 0. The molecule has 5 rings (SSSR count). The van der Waals surface area contributed by atoms with Crippen LogP contribution in [0.15, 0.2) is 79.3 Å². The van der Waals surface area contributed by atoms with Crippen molar-refractivity contribution in [2.75, 3.05) is 26.4 Å². The third kappa shape index (κ3) is 23.8. The van der Waals surface area contributed by atoms with Gasteiger partial charge in [0.1, 0.15) is 40.1 Å². The van der Waals surface area contributed by atoms with Gasteiger partial charge in [-0.15, -0.1) is 12.8 Å². The van der Waals surface area contributed by atoms with Crippen LogP contribution in [0.25, 0.3) is 0 Å². The number of terminal acetylenes is 2. The molecule has 3 heterocycles. The molecule has 0 radical (unpaired) electrons. The first kappa shape index (κ1) is 61.3. The molecular weight excluding hydrogens is 959 g/mol. The molecule has 3 aromatic heterocycles. The number of pyridine rings is 3. The third-order valence-electron chi connectivity index (χ3n) is 13.1. The van der Waals surface area contributed by atoms with Crippen LogP contribution in [0, 0.1) is 72.1 Å². The highest BCUT2D eigenvalue weighted by atomic mass is 16.5. The van der Waals surface area contributed by atoms with Gasteiger partial charge >= 0.3 is 0 Å². The molecule has 78 heavy (non-hydrogen) atoms. The minimum Gasteiger partial charge on any atom is -0.492 e. The van der Waals surface area contributed by atoms with Crippen LogP contribution in [0.5, 0.6) is 23.0 Å². The fourth-order valence-electron chi connectivity index (χ4n) is 8.44. The maximum atomic E-state index is 6.51. The van der Waals surface area contributed by atoms with Gasteiger partial charge < -0.3 is 18.9 Å². The van der Waals surface area contributed by atoms with Gasteiger partial charge in [0, 0.05) is 59.5 Å². The smallest absolute Gasteiger partial charge is 0.136 e. The Labute approximate surface area is 470 Å². The molecule has 0 unspecified atom stereocenters. The molecule has 7 nitrogen and oxygen atoms in total. The molecule has 0 saturated heterocycles. The van der Waals surface area contributed by atoms with Crippen LogP contribution in [-0.4, -0.2) is 41.4 Å². The summed E-state index contributed by atoms with van der Waals surface area (Å²) >= 11 is 0. The summed E-state index contributed by atoms with van der Waals surface area (Å²) in [5.74, 6) is 34.5. The predicted octanol–water partition coefficient (Wildman–Crippen LogP) is 16.4. The standard InChI is InChI=1S/C71H83N3O4/c1-7-13-17-21-25-29-47-75-68-54-64(71(78-50-32-28-24-20-16-10-4)51-61(68)38-33-59-36-42-65(12-6)72-56-59)41-46-67-44-37-60(57-74-67)34-39-62-52-70(77-49-31-27-23-19-15-9-3)63(40-45-66-43-35-58(11-5)55-73-66)53-69(62)76-48-30-26-22-18-14-8-2/h5-6,35-37,42-44,51-57H,7-10,13-32,47-50H2,1-4H3. The van der Waals surface area contributed by atoms with Crippen LogP contribution in [0.3, 0.4) is 0 Å². The lowest BCUT2D eigenvalue weighted by atomic mass is 10.1. The Morgan fingerprint density at radius 2 is 0.590 bits per heavy atom. The Balaban J connectivity index is 1.45. The van der Waals surface area contributed by atoms with Gasteiger partial charge in [-0.05, 0) is 73.9 Å². The minimum absolute atomic E-state index is 0.567. The van der Waals surface area contributed by atoms with E-state index in [4.69, 9.17) is 36.8 Å². The quantitative estimate of drug-likeness (QED) is 0.0314. The van der Waals surface area contributed by atoms with Crippen molar-refractivity contribution in [1.82, 2.24) is 15.0 Å². The van der Waals surface area contributed by atoms with E-state index in [0.717, 1.165) is 79.2 Å². The first-order valence-electron chi connectivity index (χ1n) is 29.2. The van der Waals surface area contributed by atoms with Crippen molar-refractivity contribution in [3.63, 3.8) is 0 Å². The van der Waals surface area contributed by atoms with Crippen molar-refractivity contribution >= 4 is 0 Å². The van der Waals surface area contributed by atoms with Crippen molar-refractivity contribution in [3.8, 4) is 95.0 Å². The number of benzene rings is 2. The maximum Gasteiger partial charge on any atom is 0.136 e. The molecule has 0 spiro atoms. The van der Waals surface area contributed by atoms with Gasteiger partial charge in [-0.25, -0.2) is 15.0 Å². The molecule has 0 aliphatic rings. The normalized spacial score (nSPS) is 10.3. The van der Waals surface area contributed by atoms with E-state index in [9.17, 15) is 0 Å². The zero-order chi connectivity index (χ0) is 55.1. The van der Waals surface area contributed by atoms with E-state index < -0.39 is 0 Å². The van der Waals surface area contributed by atoms with Gasteiger partial charge in [0.15, 0.2) is 0 Å². The van der Waals surface area contributed by atoms with E-state index in [1.165, 1.54) is 103 Å². The van der Waals surface area contributed by atoms with Crippen LogP contribution in [-0.2, 0) is 0 Å². The molecule has 0 aliphatic carbocycles. The summed E-state index contributed by atoms with van der Waals surface area (Å²) in [6, 6.07) is 19.1. The van der Waals surface area contributed by atoms with Crippen LogP contribution < -0.4 is 18.9 Å². The Hall–Kier alpha value is -7.55. The van der Waals surface area contributed by atoms with E-state index in [1.807, 2.05) is 54.6 Å². The first-order chi connectivity index (χ1) is 38.5. The number of aromatic nitrogens is 3. The molecule has 0 saturated carbocycles. The van der Waals surface area contributed by atoms with Crippen molar-refractivity contribution in [3.05, 3.63) is 135 Å². The van der Waals surface area contributed by atoms with Crippen LogP contribution in [0.1, 0.15) is 238 Å².